The third-order valence-electron chi connectivity index (χ3n) is 4.12. The van der Waals surface area contributed by atoms with Gasteiger partial charge in [-0.25, -0.2) is 8.42 Å². The molecular formula is C17H16Cl2N4O5S. The van der Waals surface area contributed by atoms with Crippen LogP contribution in [0.15, 0.2) is 46.4 Å². The molecule has 3 rings (SSSR count). The minimum atomic E-state index is -3.99. The van der Waals surface area contributed by atoms with E-state index in [1.54, 1.807) is 18.2 Å². The zero-order valence-electron chi connectivity index (χ0n) is 14.9. The Balaban J connectivity index is 1.93. The fourth-order valence-electron chi connectivity index (χ4n) is 2.63. The van der Waals surface area contributed by atoms with Crippen LogP contribution in [0.3, 0.4) is 0 Å². The van der Waals surface area contributed by atoms with Crippen molar-refractivity contribution in [1.82, 2.24) is 4.31 Å². The highest BCUT2D eigenvalue weighted by Crippen LogP contribution is 2.29. The number of non-ortho nitro benzene ring substituents is 1. The summed E-state index contributed by atoms with van der Waals surface area (Å²) in [4.78, 5) is 10.2. The van der Waals surface area contributed by atoms with Gasteiger partial charge in [-0.2, -0.15) is 9.41 Å². The number of rotatable bonds is 6. The number of hydrazone groups is 1. The van der Waals surface area contributed by atoms with E-state index in [0.29, 0.717) is 15.6 Å². The van der Waals surface area contributed by atoms with E-state index in [-0.39, 0.29) is 42.6 Å². The molecule has 0 bridgehead atoms. The molecule has 0 spiro atoms. The monoisotopic (exact) mass is 458 g/mol. The van der Waals surface area contributed by atoms with Gasteiger partial charge in [0.15, 0.2) is 0 Å². The summed E-state index contributed by atoms with van der Waals surface area (Å²) in [6.07, 6.45) is 1.39. The van der Waals surface area contributed by atoms with Crippen molar-refractivity contribution < 1.29 is 18.1 Å². The minimum absolute atomic E-state index is 0.100. The first-order valence-corrected chi connectivity index (χ1v) is 10.6. The van der Waals surface area contributed by atoms with E-state index >= 15 is 0 Å². The number of ether oxygens (including phenoxy) is 1. The summed E-state index contributed by atoms with van der Waals surface area (Å²) < 4.78 is 32.5. The maximum atomic E-state index is 13.0. The van der Waals surface area contributed by atoms with Crippen LogP contribution in [0, 0.1) is 10.1 Å². The molecule has 1 heterocycles. The summed E-state index contributed by atoms with van der Waals surface area (Å²) in [7, 11) is -3.99. The third kappa shape index (κ3) is 5.03. The van der Waals surface area contributed by atoms with E-state index in [0.717, 1.165) is 6.07 Å². The Morgan fingerprint density at radius 1 is 1.17 bits per heavy atom. The van der Waals surface area contributed by atoms with Gasteiger partial charge in [-0.3, -0.25) is 15.5 Å². The largest absolute Gasteiger partial charge is 0.379 e. The smallest absolute Gasteiger partial charge is 0.270 e. The molecule has 1 N–H and O–H groups in total. The maximum Gasteiger partial charge on any atom is 0.270 e. The first kappa shape index (κ1) is 21.5. The van der Waals surface area contributed by atoms with Crippen LogP contribution in [-0.4, -0.2) is 50.2 Å². The summed E-state index contributed by atoms with van der Waals surface area (Å²) in [5.41, 5.74) is 2.95. The molecule has 12 heteroatoms. The van der Waals surface area contributed by atoms with Crippen molar-refractivity contribution in [2.75, 3.05) is 31.7 Å². The lowest BCUT2D eigenvalue weighted by Gasteiger charge is -2.26. The molecule has 0 radical (unpaired) electrons. The van der Waals surface area contributed by atoms with Crippen molar-refractivity contribution in [1.29, 1.82) is 0 Å². The van der Waals surface area contributed by atoms with Gasteiger partial charge in [0.1, 0.15) is 4.90 Å². The van der Waals surface area contributed by atoms with E-state index in [4.69, 9.17) is 27.9 Å². The fourth-order valence-corrected chi connectivity index (χ4v) is 4.66. The molecule has 0 aromatic heterocycles. The molecule has 1 aliphatic rings. The van der Waals surface area contributed by atoms with Crippen molar-refractivity contribution in [3.63, 3.8) is 0 Å². The molecule has 1 aliphatic heterocycles. The van der Waals surface area contributed by atoms with Crippen LogP contribution in [0.4, 0.5) is 11.4 Å². The second-order valence-electron chi connectivity index (χ2n) is 5.99. The number of nitrogens with zero attached hydrogens (tertiary/aromatic N) is 3. The Hall–Kier alpha value is -2.24. The van der Waals surface area contributed by atoms with E-state index < -0.39 is 14.9 Å². The highest BCUT2D eigenvalue weighted by atomic mass is 35.5. The van der Waals surface area contributed by atoms with Crippen LogP contribution >= 0.6 is 23.2 Å². The van der Waals surface area contributed by atoms with Crippen LogP contribution in [0.5, 0.6) is 0 Å². The third-order valence-corrected chi connectivity index (χ3v) is 6.62. The predicted molar refractivity (Wildman–Crippen MR) is 110 cm³/mol. The second-order valence-corrected chi connectivity index (χ2v) is 8.74. The number of hydrogen-bond acceptors (Lipinski definition) is 7. The first-order chi connectivity index (χ1) is 13.8. The molecule has 0 amide bonds. The molecular weight excluding hydrogens is 443 g/mol. The zero-order valence-corrected chi connectivity index (χ0v) is 17.2. The van der Waals surface area contributed by atoms with Crippen molar-refractivity contribution in [2.45, 2.75) is 4.90 Å². The number of nitro groups is 1. The van der Waals surface area contributed by atoms with Gasteiger partial charge >= 0.3 is 0 Å². The number of benzene rings is 2. The number of nitrogens with one attached hydrogen (secondary N) is 1. The first-order valence-electron chi connectivity index (χ1n) is 8.39. The lowest BCUT2D eigenvalue weighted by molar-refractivity contribution is -0.385. The molecule has 0 aliphatic carbocycles. The number of hydrogen-bond donors (Lipinski definition) is 1. The average Bonchev–Trinajstić information content (AvgIpc) is 2.70. The Morgan fingerprint density at radius 3 is 2.55 bits per heavy atom. The molecule has 1 fully saturated rings. The van der Waals surface area contributed by atoms with Crippen molar-refractivity contribution in [2.24, 2.45) is 5.10 Å². The number of halogens is 2. The van der Waals surface area contributed by atoms with E-state index in [1.165, 1.54) is 22.7 Å². The molecule has 0 saturated carbocycles. The lowest BCUT2D eigenvalue weighted by atomic mass is 10.2. The Morgan fingerprint density at radius 2 is 1.90 bits per heavy atom. The molecule has 0 atom stereocenters. The summed E-state index contributed by atoms with van der Waals surface area (Å²) >= 11 is 11.9. The van der Waals surface area contributed by atoms with E-state index in [9.17, 15) is 18.5 Å². The SMILES string of the molecule is O=[N+]([O-])c1ccc(NN=Cc2ccc(Cl)cc2Cl)c(S(=O)(=O)N2CCOCC2)c1. The quantitative estimate of drug-likeness (QED) is 0.403. The molecule has 1 saturated heterocycles. The summed E-state index contributed by atoms with van der Waals surface area (Å²) in [5.74, 6) is 0. The Labute approximate surface area is 177 Å². The van der Waals surface area contributed by atoms with E-state index in [1.807, 2.05) is 0 Å². The van der Waals surface area contributed by atoms with Crippen molar-refractivity contribution in [3.8, 4) is 0 Å². The lowest BCUT2D eigenvalue weighted by Crippen LogP contribution is -2.40. The molecule has 2 aromatic carbocycles. The minimum Gasteiger partial charge on any atom is -0.379 e. The fraction of sp³-hybridized carbons (Fsp3) is 0.235. The zero-order chi connectivity index (χ0) is 21.0. The normalized spacial score (nSPS) is 15.5. The summed E-state index contributed by atoms with van der Waals surface area (Å²) in [6, 6.07) is 8.34. The number of morpholine rings is 1. The van der Waals surface area contributed by atoms with Crippen LogP contribution in [0.25, 0.3) is 0 Å². The van der Waals surface area contributed by atoms with Crippen LogP contribution in [0.1, 0.15) is 5.56 Å². The number of nitro benzene ring substituents is 1. The molecule has 0 unspecified atom stereocenters. The molecule has 9 nitrogen and oxygen atoms in total. The van der Waals surface area contributed by atoms with Gasteiger partial charge in [0.25, 0.3) is 5.69 Å². The van der Waals surface area contributed by atoms with Gasteiger partial charge in [0, 0.05) is 35.8 Å². The van der Waals surface area contributed by atoms with Gasteiger partial charge in [0.05, 0.1) is 35.1 Å². The predicted octanol–water partition coefficient (Wildman–Crippen LogP) is 3.37. The standard InChI is InChI=1S/C17H16Cl2N4O5S/c18-13-2-1-12(15(19)9-13)11-20-21-16-4-3-14(23(24)25)10-17(16)29(26,27)22-5-7-28-8-6-22/h1-4,9-11,21H,5-8H2. The molecule has 29 heavy (non-hydrogen) atoms. The van der Waals surface area contributed by atoms with Crippen LogP contribution < -0.4 is 5.43 Å². The highest BCUT2D eigenvalue weighted by Gasteiger charge is 2.30. The topological polar surface area (TPSA) is 114 Å². The molecule has 154 valence electrons. The Kier molecular flexibility index (Phi) is 6.70. The van der Waals surface area contributed by atoms with Gasteiger partial charge in [0.2, 0.25) is 10.0 Å². The van der Waals surface area contributed by atoms with Gasteiger partial charge in [-0.05, 0) is 18.2 Å². The summed E-state index contributed by atoms with van der Waals surface area (Å²) in [5, 5.41) is 16.0. The highest BCUT2D eigenvalue weighted by molar-refractivity contribution is 7.89. The van der Waals surface area contributed by atoms with Crippen molar-refractivity contribution in [3.05, 3.63) is 62.1 Å². The Bertz CT molecular complexity index is 1060. The maximum absolute atomic E-state index is 13.0. The van der Waals surface area contributed by atoms with Crippen LogP contribution in [-0.2, 0) is 14.8 Å². The van der Waals surface area contributed by atoms with Gasteiger partial charge in [-0.15, -0.1) is 0 Å². The second kappa shape index (κ2) is 9.06. The average molecular weight is 459 g/mol. The number of sulfonamides is 1. The van der Waals surface area contributed by atoms with Gasteiger partial charge in [-0.1, -0.05) is 29.3 Å². The van der Waals surface area contributed by atoms with Gasteiger partial charge < -0.3 is 4.74 Å². The van der Waals surface area contributed by atoms with Crippen molar-refractivity contribution >= 4 is 50.8 Å². The summed E-state index contributed by atoms with van der Waals surface area (Å²) in [6.45, 7) is 0.830. The number of anilines is 1. The van der Waals surface area contributed by atoms with Crippen LogP contribution in [0.2, 0.25) is 10.0 Å². The molecule has 2 aromatic rings. The van der Waals surface area contributed by atoms with E-state index in [2.05, 4.69) is 10.5 Å².